The van der Waals surface area contributed by atoms with Crippen molar-refractivity contribution >= 4 is 11.5 Å². The van der Waals surface area contributed by atoms with Crippen LogP contribution in [0.2, 0.25) is 0 Å². The number of nitrogens with two attached hydrogens (primary N) is 1. The zero-order chi connectivity index (χ0) is 10.5. The zero-order valence-electron chi connectivity index (χ0n) is 8.85. The van der Waals surface area contributed by atoms with Crippen molar-refractivity contribution in [2.45, 2.75) is 44.6 Å². The summed E-state index contributed by atoms with van der Waals surface area (Å²) in [4.78, 5) is 1.17. The third-order valence-corrected chi connectivity index (χ3v) is 3.98. The first kappa shape index (κ1) is 11.0. The highest BCUT2D eigenvalue weighted by Gasteiger charge is 2.24. The molecule has 4 nitrogen and oxygen atoms in total. The lowest BCUT2D eigenvalue weighted by molar-refractivity contribution is 0.333. The van der Waals surface area contributed by atoms with E-state index in [2.05, 4.69) is 15.0 Å². The number of rotatable bonds is 3. The SMILES string of the molecule is NNC(c1cnns1)C1CCCCCC1. The largest absolute Gasteiger partial charge is 0.271 e. The standard InChI is InChI=1S/C10H18N4S/c11-13-10(9-7-12-14-15-9)8-5-3-1-2-4-6-8/h7-8,10,13H,1-6,11H2. The summed E-state index contributed by atoms with van der Waals surface area (Å²) in [6.45, 7) is 0. The fourth-order valence-electron chi connectivity index (χ4n) is 2.41. The van der Waals surface area contributed by atoms with E-state index in [1.54, 1.807) is 0 Å². The summed E-state index contributed by atoms with van der Waals surface area (Å²) in [6, 6.07) is 0.253. The first-order chi connectivity index (χ1) is 7.42. The van der Waals surface area contributed by atoms with E-state index in [-0.39, 0.29) is 6.04 Å². The molecule has 1 aromatic heterocycles. The molecular formula is C10H18N4S. The molecular weight excluding hydrogens is 208 g/mol. The minimum absolute atomic E-state index is 0.253. The van der Waals surface area contributed by atoms with E-state index >= 15 is 0 Å². The summed E-state index contributed by atoms with van der Waals surface area (Å²) >= 11 is 1.45. The lowest BCUT2D eigenvalue weighted by atomic mass is 9.91. The molecule has 0 radical (unpaired) electrons. The molecule has 1 aliphatic carbocycles. The van der Waals surface area contributed by atoms with Crippen molar-refractivity contribution < 1.29 is 0 Å². The molecule has 0 aliphatic heterocycles. The fourth-order valence-corrected chi connectivity index (χ4v) is 3.06. The topological polar surface area (TPSA) is 63.8 Å². The second-order valence-corrected chi connectivity index (χ2v) is 5.03. The van der Waals surface area contributed by atoms with Crippen LogP contribution < -0.4 is 11.3 Å². The fraction of sp³-hybridized carbons (Fsp3) is 0.800. The molecule has 0 aromatic carbocycles. The molecule has 1 aromatic rings. The van der Waals surface area contributed by atoms with Gasteiger partial charge < -0.3 is 0 Å². The van der Waals surface area contributed by atoms with Gasteiger partial charge in [0.25, 0.3) is 0 Å². The Labute approximate surface area is 94.4 Å². The highest BCUT2D eigenvalue weighted by molar-refractivity contribution is 7.05. The minimum Gasteiger partial charge on any atom is -0.271 e. The zero-order valence-corrected chi connectivity index (χ0v) is 9.67. The number of aromatic nitrogens is 2. The normalized spacial score (nSPS) is 21.1. The van der Waals surface area contributed by atoms with Crippen LogP contribution in [0.25, 0.3) is 0 Å². The van der Waals surface area contributed by atoms with Crippen molar-refractivity contribution in [3.8, 4) is 0 Å². The van der Waals surface area contributed by atoms with Crippen molar-refractivity contribution in [2.75, 3.05) is 0 Å². The first-order valence-electron chi connectivity index (χ1n) is 5.65. The van der Waals surface area contributed by atoms with Gasteiger partial charge >= 0.3 is 0 Å². The van der Waals surface area contributed by atoms with E-state index in [0.29, 0.717) is 5.92 Å². The summed E-state index contributed by atoms with van der Waals surface area (Å²) in [5, 5.41) is 3.88. The molecule has 1 heterocycles. The van der Waals surface area contributed by atoms with Crippen LogP contribution in [0.4, 0.5) is 0 Å². The van der Waals surface area contributed by atoms with Crippen molar-refractivity contribution in [2.24, 2.45) is 11.8 Å². The van der Waals surface area contributed by atoms with Gasteiger partial charge in [0.2, 0.25) is 0 Å². The van der Waals surface area contributed by atoms with Gasteiger partial charge in [-0.1, -0.05) is 30.2 Å². The molecule has 3 N–H and O–H groups in total. The Morgan fingerprint density at radius 1 is 1.33 bits per heavy atom. The smallest absolute Gasteiger partial charge is 0.0669 e. The van der Waals surface area contributed by atoms with Crippen molar-refractivity contribution in [3.05, 3.63) is 11.1 Å². The summed E-state index contributed by atoms with van der Waals surface area (Å²) in [7, 11) is 0. The molecule has 5 heteroatoms. The van der Waals surface area contributed by atoms with E-state index in [4.69, 9.17) is 5.84 Å². The van der Waals surface area contributed by atoms with Gasteiger partial charge in [-0.15, -0.1) is 5.10 Å². The van der Waals surface area contributed by atoms with Gasteiger partial charge in [0.1, 0.15) is 0 Å². The van der Waals surface area contributed by atoms with Crippen molar-refractivity contribution in [1.29, 1.82) is 0 Å². The quantitative estimate of drug-likeness (QED) is 0.470. The molecule has 15 heavy (non-hydrogen) atoms. The Balaban J connectivity index is 2.04. The number of hydrazine groups is 1. The average Bonchev–Trinajstić information content (AvgIpc) is 2.63. The molecule has 0 spiro atoms. The molecule has 1 fully saturated rings. The van der Waals surface area contributed by atoms with Crippen LogP contribution in [-0.2, 0) is 0 Å². The summed E-state index contributed by atoms with van der Waals surface area (Å²) in [6.07, 6.45) is 9.77. The predicted molar refractivity (Wildman–Crippen MR) is 61.2 cm³/mol. The van der Waals surface area contributed by atoms with Crippen molar-refractivity contribution in [3.63, 3.8) is 0 Å². The number of nitrogens with zero attached hydrogens (tertiary/aromatic N) is 2. The van der Waals surface area contributed by atoms with Crippen LogP contribution in [0.5, 0.6) is 0 Å². The summed E-state index contributed by atoms with van der Waals surface area (Å²) in [5.41, 5.74) is 2.93. The second kappa shape index (κ2) is 5.53. The van der Waals surface area contributed by atoms with Gasteiger partial charge in [-0.2, -0.15) is 0 Å². The van der Waals surface area contributed by atoms with Crippen LogP contribution in [0.3, 0.4) is 0 Å². The Hall–Kier alpha value is -0.520. The third kappa shape index (κ3) is 2.74. The van der Waals surface area contributed by atoms with E-state index in [9.17, 15) is 0 Å². The van der Waals surface area contributed by atoms with Crippen LogP contribution in [0.15, 0.2) is 6.20 Å². The minimum atomic E-state index is 0.253. The number of nitrogens with one attached hydrogen (secondary N) is 1. The maximum atomic E-state index is 5.65. The Kier molecular flexibility index (Phi) is 4.05. The molecule has 2 rings (SSSR count). The van der Waals surface area contributed by atoms with Gasteiger partial charge in [0.05, 0.1) is 17.1 Å². The van der Waals surface area contributed by atoms with E-state index in [0.717, 1.165) is 0 Å². The molecule has 0 saturated heterocycles. The van der Waals surface area contributed by atoms with Crippen LogP contribution in [-0.4, -0.2) is 9.59 Å². The van der Waals surface area contributed by atoms with Gasteiger partial charge in [0.15, 0.2) is 0 Å². The van der Waals surface area contributed by atoms with Crippen LogP contribution >= 0.6 is 11.5 Å². The Morgan fingerprint density at radius 3 is 2.60 bits per heavy atom. The average molecular weight is 226 g/mol. The molecule has 1 atom stereocenters. The lowest BCUT2D eigenvalue weighted by Gasteiger charge is -2.23. The second-order valence-electron chi connectivity index (χ2n) is 4.22. The number of hydrogen-bond donors (Lipinski definition) is 2. The van der Waals surface area contributed by atoms with E-state index in [1.807, 2.05) is 6.20 Å². The molecule has 1 aliphatic rings. The summed E-state index contributed by atoms with van der Waals surface area (Å²) in [5.74, 6) is 6.30. The molecule has 0 bridgehead atoms. The Bertz CT molecular complexity index is 267. The lowest BCUT2D eigenvalue weighted by Crippen LogP contribution is -2.33. The van der Waals surface area contributed by atoms with Gasteiger partial charge in [-0.05, 0) is 30.3 Å². The van der Waals surface area contributed by atoms with Crippen molar-refractivity contribution in [1.82, 2.24) is 15.0 Å². The monoisotopic (exact) mass is 226 g/mol. The molecule has 1 saturated carbocycles. The highest BCUT2D eigenvalue weighted by atomic mass is 32.1. The van der Waals surface area contributed by atoms with Gasteiger partial charge in [0, 0.05) is 0 Å². The molecule has 1 unspecified atom stereocenters. The first-order valence-corrected chi connectivity index (χ1v) is 6.42. The highest BCUT2D eigenvalue weighted by Crippen LogP contribution is 2.33. The van der Waals surface area contributed by atoms with Gasteiger partial charge in [-0.25, -0.2) is 0 Å². The van der Waals surface area contributed by atoms with Crippen LogP contribution in [0.1, 0.15) is 49.4 Å². The Morgan fingerprint density at radius 2 is 2.07 bits per heavy atom. The maximum Gasteiger partial charge on any atom is 0.0669 e. The van der Waals surface area contributed by atoms with E-state index in [1.165, 1.54) is 54.9 Å². The van der Waals surface area contributed by atoms with E-state index < -0.39 is 0 Å². The molecule has 84 valence electrons. The summed E-state index contributed by atoms with van der Waals surface area (Å²) < 4.78 is 3.91. The number of hydrogen-bond acceptors (Lipinski definition) is 5. The predicted octanol–water partition coefficient (Wildman–Crippen LogP) is 2.01. The van der Waals surface area contributed by atoms with Crippen LogP contribution in [0, 0.1) is 5.92 Å². The third-order valence-electron chi connectivity index (χ3n) is 3.24. The van der Waals surface area contributed by atoms with Gasteiger partial charge in [-0.3, -0.25) is 11.3 Å². The molecule has 0 amide bonds. The maximum absolute atomic E-state index is 5.65.